The van der Waals surface area contributed by atoms with E-state index in [4.69, 9.17) is 10.6 Å². The van der Waals surface area contributed by atoms with Crippen LogP contribution < -0.4 is 16.0 Å². The number of nitrogens with two attached hydrogens (primary N) is 1. The highest BCUT2D eigenvalue weighted by Gasteiger charge is 2.26. The Morgan fingerprint density at radius 1 is 1.37 bits per heavy atom. The average molecular weight is 278 g/mol. The second-order valence-electron chi connectivity index (χ2n) is 4.31. The van der Waals surface area contributed by atoms with E-state index in [2.05, 4.69) is 15.4 Å². The molecule has 108 valence electrons. The number of nitrogens with one attached hydrogen (secondary N) is 1. The Hall–Kier alpha value is -1.57. The van der Waals surface area contributed by atoms with Crippen molar-refractivity contribution in [1.29, 1.82) is 0 Å². The molecular weight excluding hydrogens is 261 g/mol. The molecule has 0 bridgehead atoms. The summed E-state index contributed by atoms with van der Waals surface area (Å²) in [5.74, 6) is 6.03. The van der Waals surface area contributed by atoms with E-state index in [1.807, 2.05) is 13.8 Å². The van der Waals surface area contributed by atoms with Gasteiger partial charge in [0, 0.05) is 6.42 Å². The first kappa shape index (κ1) is 15.5. The number of aromatic nitrogens is 2. The minimum absolute atomic E-state index is 0.0323. The molecule has 0 aliphatic carbocycles. The molecule has 5 nitrogen and oxygen atoms in total. The van der Waals surface area contributed by atoms with Crippen molar-refractivity contribution in [3.63, 3.8) is 0 Å². The number of hydrogen-bond donors (Lipinski definition) is 2. The SMILES string of the molecule is CC(C)c1c(NN)ncnc1OCCCC(F)(F)F. The van der Waals surface area contributed by atoms with Crippen LogP contribution in [-0.2, 0) is 0 Å². The molecule has 0 amide bonds. The summed E-state index contributed by atoms with van der Waals surface area (Å²) < 4.78 is 41.3. The fourth-order valence-corrected chi connectivity index (χ4v) is 1.57. The molecule has 0 unspecified atom stereocenters. The van der Waals surface area contributed by atoms with Gasteiger partial charge < -0.3 is 10.2 Å². The molecule has 1 rings (SSSR count). The number of halogens is 3. The highest BCUT2D eigenvalue weighted by molar-refractivity contribution is 5.49. The van der Waals surface area contributed by atoms with E-state index in [1.54, 1.807) is 0 Å². The molecule has 8 heteroatoms. The van der Waals surface area contributed by atoms with Crippen LogP contribution >= 0.6 is 0 Å². The summed E-state index contributed by atoms with van der Waals surface area (Å²) in [7, 11) is 0. The van der Waals surface area contributed by atoms with E-state index in [0.29, 0.717) is 11.4 Å². The first-order valence-electron chi connectivity index (χ1n) is 5.86. The second-order valence-corrected chi connectivity index (χ2v) is 4.31. The van der Waals surface area contributed by atoms with Gasteiger partial charge in [-0.3, -0.25) is 0 Å². The molecule has 3 N–H and O–H groups in total. The van der Waals surface area contributed by atoms with Gasteiger partial charge in [0.05, 0.1) is 12.2 Å². The molecule has 0 aliphatic rings. The Kier molecular flexibility index (Phi) is 5.34. The lowest BCUT2D eigenvalue weighted by molar-refractivity contribution is -0.136. The number of rotatable bonds is 6. The lowest BCUT2D eigenvalue weighted by atomic mass is 10.1. The number of nitrogen functional groups attached to an aromatic ring is 1. The summed E-state index contributed by atoms with van der Waals surface area (Å²) in [5.41, 5.74) is 3.07. The fourth-order valence-electron chi connectivity index (χ4n) is 1.57. The van der Waals surface area contributed by atoms with Crippen LogP contribution in [0.3, 0.4) is 0 Å². The van der Waals surface area contributed by atoms with Gasteiger partial charge in [-0.25, -0.2) is 15.8 Å². The Labute approximate surface area is 109 Å². The number of alkyl halides is 3. The molecule has 1 heterocycles. The first-order chi connectivity index (χ1) is 8.85. The van der Waals surface area contributed by atoms with Crippen molar-refractivity contribution in [1.82, 2.24) is 9.97 Å². The fraction of sp³-hybridized carbons (Fsp3) is 0.636. The highest BCUT2D eigenvalue weighted by atomic mass is 19.4. The average Bonchev–Trinajstić information content (AvgIpc) is 2.32. The number of hydrogen-bond acceptors (Lipinski definition) is 5. The minimum atomic E-state index is -4.17. The van der Waals surface area contributed by atoms with Crippen molar-refractivity contribution in [2.24, 2.45) is 5.84 Å². The van der Waals surface area contributed by atoms with Crippen molar-refractivity contribution < 1.29 is 17.9 Å². The van der Waals surface area contributed by atoms with E-state index in [0.717, 1.165) is 0 Å². The number of anilines is 1. The standard InChI is InChI=1S/C11H17F3N4O/c1-7(2)8-9(18-15)16-6-17-10(8)19-5-3-4-11(12,13)14/h6-7H,3-5,15H2,1-2H3,(H,16,17,18). The molecule has 0 atom stereocenters. The summed E-state index contributed by atoms with van der Waals surface area (Å²) >= 11 is 0. The Morgan fingerprint density at radius 3 is 2.58 bits per heavy atom. The van der Waals surface area contributed by atoms with Gasteiger partial charge in [0.2, 0.25) is 5.88 Å². The molecule has 19 heavy (non-hydrogen) atoms. The van der Waals surface area contributed by atoms with Crippen molar-refractivity contribution in [3.8, 4) is 5.88 Å². The van der Waals surface area contributed by atoms with Gasteiger partial charge in [0.1, 0.15) is 6.33 Å². The summed E-state index contributed by atoms with van der Waals surface area (Å²) in [6.45, 7) is 3.73. The molecule has 0 saturated carbocycles. The lowest BCUT2D eigenvalue weighted by Crippen LogP contribution is -2.15. The van der Waals surface area contributed by atoms with Crippen LogP contribution in [0.4, 0.5) is 19.0 Å². The van der Waals surface area contributed by atoms with E-state index >= 15 is 0 Å². The topological polar surface area (TPSA) is 73.1 Å². The maximum Gasteiger partial charge on any atom is 0.389 e. The molecule has 0 aromatic carbocycles. The second kappa shape index (κ2) is 6.55. The highest BCUT2D eigenvalue weighted by Crippen LogP contribution is 2.29. The maximum atomic E-state index is 12.0. The summed E-state index contributed by atoms with van der Waals surface area (Å²) in [6.07, 6.45) is -3.91. The van der Waals surface area contributed by atoms with Crippen LogP contribution in [0.5, 0.6) is 5.88 Å². The summed E-state index contributed by atoms with van der Waals surface area (Å²) in [4.78, 5) is 7.87. The van der Waals surface area contributed by atoms with Gasteiger partial charge >= 0.3 is 6.18 Å². The largest absolute Gasteiger partial charge is 0.477 e. The van der Waals surface area contributed by atoms with Gasteiger partial charge in [-0.2, -0.15) is 13.2 Å². The van der Waals surface area contributed by atoms with E-state index in [9.17, 15) is 13.2 Å². The van der Waals surface area contributed by atoms with Crippen LogP contribution in [0.25, 0.3) is 0 Å². The molecule has 0 spiro atoms. The van der Waals surface area contributed by atoms with Crippen molar-refractivity contribution in [3.05, 3.63) is 11.9 Å². The number of nitrogens with zero attached hydrogens (tertiary/aromatic N) is 2. The Bertz CT molecular complexity index is 409. The Balaban J connectivity index is 2.68. The van der Waals surface area contributed by atoms with Gasteiger partial charge in [0.25, 0.3) is 0 Å². The zero-order chi connectivity index (χ0) is 14.5. The molecule has 0 aliphatic heterocycles. The molecule has 0 fully saturated rings. The van der Waals surface area contributed by atoms with Crippen LogP contribution in [0.15, 0.2) is 6.33 Å². The predicted molar refractivity (Wildman–Crippen MR) is 64.7 cm³/mol. The molecule has 1 aromatic heterocycles. The zero-order valence-corrected chi connectivity index (χ0v) is 10.8. The van der Waals surface area contributed by atoms with Crippen LogP contribution in [-0.4, -0.2) is 22.8 Å². The van der Waals surface area contributed by atoms with Gasteiger partial charge in [0.15, 0.2) is 5.82 Å². The Morgan fingerprint density at radius 2 is 2.05 bits per heavy atom. The quantitative estimate of drug-likeness (QED) is 0.475. The normalized spacial score (nSPS) is 11.7. The van der Waals surface area contributed by atoms with Gasteiger partial charge in [-0.1, -0.05) is 13.8 Å². The molecule has 0 saturated heterocycles. The van der Waals surface area contributed by atoms with Crippen LogP contribution in [0, 0.1) is 0 Å². The first-order valence-corrected chi connectivity index (χ1v) is 5.86. The third-order valence-electron chi connectivity index (χ3n) is 2.40. The summed E-state index contributed by atoms with van der Waals surface area (Å²) in [5, 5.41) is 0. The lowest BCUT2D eigenvalue weighted by Gasteiger charge is -2.15. The van der Waals surface area contributed by atoms with Crippen LogP contribution in [0.1, 0.15) is 38.2 Å². The molecule has 1 aromatic rings. The van der Waals surface area contributed by atoms with Gasteiger partial charge in [-0.05, 0) is 12.3 Å². The minimum Gasteiger partial charge on any atom is -0.477 e. The number of ether oxygens (including phenoxy) is 1. The van der Waals surface area contributed by atoms with E-state index < -0.39 is 12.6 Å². The summed E-state index contributed by atoms with van der Waals surface area (Å²) in [6, 6.07) is 0. The molecule has 0 radical (unpaired) electrons. The van der Waals surface area contributed by atoms with Crippen molar-refractivity contribution in [2.45, 2.75) is 38.8 Å². The monoisotopic (exact) mass is 278 g/mol. The third kappa shape index (κ3) is 4.90. The zero-order valence-electron chi connectivity index (χ0n) is 10.8. The van der Waals surface area contributed by atoms with Gasteiger partial charge in [-0.15, -0.1) is 0 Å². The van der Waals surface area contributed by atoms with E-state index in [-0.39, 0.29) is 24.8 Å². The van der Waals surface area contributed by atoms with E-state index in [1.165, 1.54) is 6.33 Å². The third-order valence-corrected chi connectivity index (χ3v) is 2.40. The number of hydrazine groups is 1. The predicted octanol–water partition coefficient (Wildman–Crippen LogP) is 2.61. The maximum absolute atomic E-state index is 12.0. The van der Waals surface area contributed by atoms with Crippen molar-refractivity contribution >= 4 is 5.82 Å². The molecular formula is C11H17F3N4O. The van der Waals surface area contributed by atoms with Crippen LogP contribution in [0.2, 0.25) is 0 Å². The van der Waals surface area contributed by atoms with Crippen molar-refractivity contribution in [2.75, 3.05) is 12.0 Å². The smallest absolute Gasteiger partial charge is 0.389 e.